The van der Waals surface area contributed by atoms with Gasteiger partial charge in [0.05, 0.1) is 0 Å². The molecular formula is C17H22N4O2. The first-order chi connectivity index (χ1) is 11.1. The maximum Gasteiger partial charge on any atom is 0.329 e. The number of nitrogens with zero attached hydrogens (tertiary/aromatic N) is 3. The summed E-state index contributed by atoms with van der Waals surface area (Å²) >= 11 is 0. The van der Waals surface area contributed by atoms with Crippen molar-refractivity contribution in [2.75, 3.05) is 11.4 Å². The fourth-order valence-corrected chi connectivity index (χ4v) is 2.52. The Bertz CT molecular complexity index is 582. The third-order valence-corrected chi connectivity index (χ3v) is 3.83. The molecule has 0 spiro atoms. The molecular weight excluding hydrogens is 292 g/mol. The van der Waals surface area contributed by atoms with Crippen LogP contribution in [0.2, 0.25) is 0 Å². The fraction of sp³-hybridized carbons (Fsp3) is 0.353. The Hall–Kier alpha value is -2.47. The normalized spacial score (nSPS) is 13.3. The highest BCUT2D eigenvalue weighted by Crippen LogP contribution is 2.34. The lowest BCUT2D eigenvalue weighted by Crippen LogP contribution is -2.51. The lowest BCUT2D eigenvalue weighted by atomic mass is 9.92. The van der Waals surface area contributed by atoms with E-state index >= 15 is 0 Å². The van der Waals surface area contributed by atoms with E-state index in [4.69, 9.17) is 5.73 Å². The van der Waals surface area contributed by atoms with Gasteiger partial charge in [0.15, 0.2) is 0 Å². The number of hydrogen-bond donors (Lipinski definition) is 2. The Morgan fingerprint density at radius 2 is 1.70 bits per heavy atom. The van der Waals surface area contributed by atoms with Crippen molar-refractivity contribution in [3.05, 3.63) is 48.8 Å². The molecule has 0 aliphatic carbocycles. The van der Waals surface area contributed by atoms with E-state index in [9.17, 15) is 9.90 Å². The van der Waals surface area contributed by atoms with Gasteiger partial charge in [0.1, 0.15) is 17.2 Å². The predicted molar refractivity (Wildman–Crippen MR) is 89.6 cm³/mol. The lowest BCUT2D eigenvalue weighted by molar-refractivity contribution is -0.142. The molecule has 2 aromatic heterocycles. The highest BCUT2D eigenvalue weighted by molar-refractivity contribution is 5.85. The van der Waals surface area contributed by atoms with Crippen LogP contribution < -0.4 is 10.6 Å². The van der Waals surface area contributed by atoms with Crippen molar-refractivity contribution < 1.29 is 9.90 Å². The highest BCUT2D eigenvalue weighted by atomic mass is 16.4. The van der Waals surface area contributed by atoms with E-state index in [-0.39, 0.29) is 0 Å². The average molecular weight is 314 g/mol. The molecule has 6 nitrogen and oxygen atoms in total. The maximum absolute atomic E-state index is 12.1. The first-order valence-electron chi connectivity index (χ1n) is 7.65. The summed E-state index contributed by atoms with van der Waals surface area (Å²) in [5.74, 6) is 0.207. The Kier molecular flexibility index (Phi) is 5.65. The number of pyridine rings is 2. The van der Waals surface area contributed by atoms with Gasteiger partial charge in [-0.3, -0.25) is 4.90 Å². The van der Waals surface area contributed by atoms with E-state index in [1.165, 1.54) is 0 Å². The van der Waals surface area contributed by atoms with E-state index in [0.717, 1.165) is 12.8 Å². The van der Waals surface area contributed by atoms with E-state index in [2.05, 4.69) is 9.97 Å². The summed E-state index contributed by atoms with van der Waals surface area (Å²) in [5.41, 5.74) is 4.39. The summed E-state index contributed by atoms with van der Waals surface area (Å²) in [6, 6.07) is 10.8. The van der Waals surface area contributed by atoms with E-state index in [0.29, 0.717) is 24.6 Å². The molecule has 3 N–H and O–H groups in total. The average Bonchev–Trinajstić information content (AvgIpc) is 2.57. The van der Waals surface area contributed by atoms with Gasteiger partial charge in [0.25, 0.3) is 0 Å². The molecule has 0 aromatic carbocycles. The fourth-order valence-electron chi connectivity index (χ4n) is 2.52. The molecule has 0 bridgehead atoms. The first kappa shape index (κ1) is 16.9. The first-order valence-corrected chi connectivity index (χ1v) is 7.65. The number of hydrogen-bond acceptors (Lipinski definition) is 5. The summed E-state index contributed by atoms with van der Waals surface area (Å²) < 4.78 is 0. The Morgan fingerprint density at radius 1 is 1.13 bits per heavy atom. The van der Waals surface area contributed by atoms with Gasteiger partial charge in [-0.25, -0.2) is 14.8 Å². The minimum Gasteiger partial charge on any atom is -0.479 e. The van der Waals surface area contributed by atoms with Crippen LogP contribution in [0.15, 0.2) is 48.8 Å². The van der Waals surface area contributed by atoms with Gasteiger partial charge in [-0.15, -0.1) is 0 Å². The topological polar surface area (TPSA) is 92.3 Å². The standard InChI is InChI=1S/C17H22N4O2/c1-17(16(22)23,10-4-5-11-18)21(14-8-2-6-12-19-14)15-9-3-7-13-20-15/h2-3,6-9,12-13H,4-5,10-11,18H2,1H3,(H,22,23)/t17-/m0/s1. The number of carboxylic acid groups (broad SMARTS) is 1. The van der Waals surface area contributed by atoms with Crippen LogP contribution in [-0.4, -0.2) is 33.1 Å². The van der Waals surface area contributed by atoms with E-state index in [1.54, 1.807) is 48.5 Å². The number of anilines is 2. The molecule has 0 amide bonds. The summed E-state index contributed by atoms with van der Waals surface area (Å²) in [4.78, 5) is 22.4. The van der Waals surface area contributed by atoms with Gasteiger partial charge >= 0.3 is 5.97 Å². The second kappa shape index (κ2) is 7.69. The van der Waals surface area contributed by atoms with Crippen molar-refractivity contribution in [3.63, 3.8) is 0 Å². The third kappa shape index (κ3) is 3.84. The molecule has 2 heterocycles. The SMILES string of the molecule is C[C@](CCCCN)(C(=O)O)N(c1ccccn1)c1ccccn1. The van der Waals surface area contributed by atoms with Gasteiger partial charge in [-0.05, 0) is 57.0 Å². The van der Waals surface area contributed by atoms with Crippen molar-refractivity contribution in [2.24, 2.45) is 5.73 Å². The molecule has 0 saturated heterocycles. The quantitative estimate of drug-likeness (QED) is 0.728. The predicted octanol–water partition coefficient (Wildman–Crippen LogP) is 2.59. The van der Waals surface area contributed by atoms with Crippen LogP contribution in [-0.2, 0) is 4.79 Å². The van der Waals surface area contributed by atoms with Crippen LogP contribution in [0.5, 0.6) is 0 Å². The van der Waals surface area contributed by atoms with Crippen LogP contribution in [0, 0.1) is 0 Å². The van der Waals surface area contributed by atoms with Crippen molar-refractivity contribution in [3.8, 4) is 0 Å². The van der Waals surface area contributed by atoms with Crippen LogP contribution >= 0.6 is 0 Å². The van der Waals surface area contributed by atoms with Crippen LogP contribution in [0.25, 0.3) is 0 Å². The van der Waals surface area contributed by atoms with Crippen molar-refractivity contribution >= 4 is 17.6 Å². The molecule has 6 heteroatoms. The number of carbonyl (C=O) groups is 1. The minimum absolute atomic E-state index is 0.451. The number of aromatic nitrogens is 2. The summed E-state index contributed by atoms with van der Waals surface area (Å²) in [5, 5.41) is 9.90. The van der Waals surface area contributed by atoms with Crippen LogP contribution in [0.1, 0.15) is 26.2 Å². The number of unbranched alkanes of at least 4 members (excludes halogenated alkanes) is 1. The van der Waals surface area contributed by atoms with E-state index < -0.39 is 11.5 Å². The van der Waals surface area contributed by atoms with Gasteiger partial charge in [-0.1, -0.05) is 12.1 Å². The second-order valence-corrected chi connectivity index (χ2v) is 5.54. The lowest BCUT2D eigenvalue weighted by Gasteiger charge is -2.38. The summed E-state index contributed by atoms with van der Waals surface area (Å²) in [6.45, 7) is 2.25. The molecule has 1 atom stereocenters. The molecule has 0 aliphatic heterocycles. The molecule has 122 valence electrons. The number of carboxylic acids is 1. The molecule has 2 aromatic rings. The zero-order valence-corrected chi connectivity index (χ0v) is 13.2. The zero-order chi connectivity index (χ0) is 16.7. The monoisotopic (exact) mass is 314 g/mol. The molecule has 0 aliphatic rings. The van der Waals surface area contributed by atoms with Gasteiger partial charge < -0.3 is 10.8 Å². The van der Waals surface area contributed by atoms with Crippen molar-refractivity contribution in [1.82, 2.24) is 9.97 Å². The van der Waals surface area contributed by atoms with Gasteiger partial charge in [-0.2, -0.15) is 0 Å². The van der Waals surface area contributed by atoms with Crippen molar-refractivity contribution in [1.29, 1.82) is 0 Å². The molecule has 0 saturated carbocycles. The molecule has 0 radical (unpaired) electrons. The zero-order valence-electron chi connectivity index (χ0n) is 13.2. The largest absolute Gasteiger partial charge is 0.479 e. The Balaban J connectivity index is 2.48. The summed E-state index contributed by atoms with van der Waals surface area (Å²) in [6.07, 6.45) is 5.24. The number of rotatable bonds is 8. The molecule has 0 fully saturated rings. The smallest absolute Gasteiger partial charge is 0.329 e. The highest BCUT2D eigenvalue weighted by Gasteiger charge is 2.41. The number of aliphatic carboxylic acids is 1. The van der Waals surface area contributed by atoms with Crippen LogP contribution in [0.4, 0.5) is 11.6 Å². The second-order valence-electron chi connectivity index (χ2n) is 5.54. The Labute approximate surface area is 136 Å². The van der Waals surface area contributed by atoms with E-state index in [1.807, 2.05) is 12.1 Å². The Morgan fingerprint density at radius 3 is 2.09 bits per heavy atom. The number of nitrogens with two attached hydrogens (primary N) is 1. The molecule has 0 unspecified atom stereocenters. The molecule has 23 heavy (non-hydrogen) atoms. The van der Waals surface area contributed by atoms with Gasteiger partial charge in [0.2, 0.25) is 0 Å². The van der Waals surface area contributed by atoms with Crippen molar-refractivity contribution in [2.45, 2.75) is 31.7 Å². The maximum atomic E-state index is 12.1. The molecule has 2 rings (SSSR count). The van der Waals surface area contributed by atoms with Crippen LogP contribution in [0.3, 0.4) is 0 Å². The summed E-state index contributed by atoms with van der Waals surface area (Å²) in [7, 11) is 0. The minimum atomic E-state index is -1.15. The third-order valence-electron chi connectivity index (χ3n) is 3.83. The van der Waals surface area contributed by atoms with Gasteiger partial charge in [0, 0.05) is 12.4 Å².